The molecule has 138 valence electrons. The van der Waals surface area contributed by atoms with Gasteiger partial charge in [-0.2, -0.15) is 5.26 Å². The first kappa shape index (κ1) is 18.6. The van der Waals surface area contributed by atoms with Gasteiger partial charge >= 0.3 is 0 Å². The third kappa shape index (κ3) is 3.17. The van der Waals surface area contributed by atoms with Crippen LogP contribution < -0.4 is 5.14 Å². The number of halogens is 1. The quantitative estimate of drug-likeness (QED) is 0.509. The topological polar surface area (TPSA) is 96.8 Å². The fourth-order valence-corrected chi connectivity index (χ4v) is 5.32. The first-order valence-electron chi connectivity index (χ1n) is 8.09. The Bertz CT molecular complexity index is 1370. The maximum atomic E-state index is 11.7. The lowest BCUT2D eigenvalue weighted by Crippen LogP contribution is -2.09. The Balaban J connectivity index is 2.01. The van der Waals surface area contributed by atoms with Gasteiger partial charge in [-0.1, -0.05) is 41.9 Å². The zero-order valence-corrected chi connectivity index (χ0v) is 16.6. The Morgan fingerprint density at radius 1 is 1.00 bits per heavy atom. The van der Waals surface area contributed by atoms with Crippen LogP contribution in [0.2, 0.25) is 4.34 Å². The average Bonchev–Trinajstić information content (AvgIpc) is 3.09. The number of hydrogen-bond donors (Lipinski definition) is 1. The SMILES string of the molecule is N#Cc1ccc(-c2cnccc2-c2cc(S(N)(=O)=O)sc2Cl)c2ccccc12. The molecule has 0 aliphatic carbocycles. The molecule has 5 nitrogen and oxygen atoms in total. The highest BCUT2D eigenvalue weighted by Gasteiger charge is 2.20. The van der Waals surface area contributed by atoms with E-state index in [0.717, 1.165) is 38.8 Å². The predicted octanol–water partition coefficient (Wildman–Crippen LogP) is 4.80. The van der Waals surface area contributed by atoms with Crippen LogP contribution in [-0.4, -0.2) is 13.4 Å². The fraction of sp³-hybridized carbons (Fsp3) is 0. The second kappa shape index (κ2) is 7.00. The summed E-state index contributed by atoms with van der Waals surface area (Å²) in [4.78, 5) is 4.23. The number of nitriles is 1. The summed E-state index contributed by atoms with van der Waals surface area (Å²) >= 11 is 7.26. The summed E-state index contributed by atoms with van der Waals surface area (Å²) in [6.45, 7) is 0. The van der Waals surface area contributed by atoms with Crippen molar-refractivity contribution in [3.05, 3.63) is 70.8 Å². The minimum absolute atomic E-state index is 0.0000475. The lowest BCUT2D eigenvalue weighted by atomic mass is 9.92. The van der Waals surface area contributed by atoms with E-state index >= 15 is 0 Å². The molecule has 4 rings (SSSR count). The Labute approximate surface area is 170 Å². The van der Waals surface area contributed by atoms with E-state index < -0.39 is 10.0 Å². The van der Waals surface area contributed by atoms with Gasteiger partial charge in [-0.05, 0) is 34.7 Å². The highest BCUT2D eigenvalue weighted by atomic mass is 35.5. The first-order valence-corrected chi connectivity index (χ1v) is 10.8. The number of aromatic nitrogens is 1. The van der Waals surface area contributed by atoms with Crippen LogP contribution in [0.15, 0.2) is 65.1 Å². The number of nitrogens with zero attached hydrogens (tertiary/aromatic N) is 2. The molecule has 0 spiro atoms. The largest absolute Gasteiger partial charge is 0.264 e. The van der Waals surface area contributed by atoms with Gasteiger partial charge in [-0.15, -0.1) is 11.3 Å². The van der Waals surface area contributed by atoms with E-state index in [0.29, 0.717) is 15.5 Å². The predicted molar refractivity (Wildman–Crippen MR) is 112 cm³/mol. The summed E-state index contributed by atoms with van der Waals surface area (Å²) in [5.41, 5.74) is 3.54. The molecule has 0 aliphatic rings. The minimum atomic E-state index is -3.85. The molecule has 0 radical (unpaired) electrons. The van der Waals surface area contributed by atoms with E-state index in [9.17, 15) is 13.7 Å². The second-order valence-corrected chi connectivity index (χ2v) is 9.48. The van der Waals surface area contributed by atoms with Crippen LogP contribution in [0.3, 0.4) is 0 Å². The molecule has 8 heteroatoms. The van der Waals surface area contributed by atoms with Crippen LogP contribution in [0.4, 0.5) is 0 Å². The van der Waals surface area contributed by atoms with Crippen LogP contribution in [0, 0.1) is 11.3 Å². The van der Waals surface area contributed by atoms with Crippen molar-refractivity contribution in [3.8, 4) is 28.3 Å². The molecule has 0 unspecified atom stereocenters. The van der Waals surface area contributed by atoms with Crippen LogP contribution in [0.1, 0.15) is 5.56 Å². The molecule has 0 aliphatic heterocycles. The Morgan fingerprint density at radius 3 is 2.43 bits per heavy atom. The summed E-state index contributed by atoms with van der Waals surface area (Å²) in [7, 11) is -3.85. The third-order valence-corrected chi connectivity index (χ3v) is 7.17. The van der Waals surface area contributed by atoms with Crippen molar-refractivity contribution in [1.29, 1.82) is 5.26 Å². The molecule has 0 bridgehead atoms. The Hall–Kier alpha value is -2.76. The summed E-state index contributed by atoms with van der Waals surface area (Å²) in [5.74, 6) is 0. The fourth-order valence-electron chi connectivity index (χ4n) is 3.15. The molecule has 4 aromatic rings. The number of primary sulfonamides is 1. The lowest BCUT2D eigenvalue weighted by Gasteiger charge is -2.12. The molecule has 28 heavy (non-hydrogen) atoms. The zero-order chi connectivity index (χ0) is 19.9. The van der Waals surface area contributed by atoms with Crippen LogP contribution >= 0.6 is 22.9 Å². The van der Waals surface area contributed by atoms with Gasteiger partial charge in [0, 0.05) is 28.9 Å². The van der Waals surface area contributed by atoms with Crippen molar-refractivity contribution >= 4 is 43.7 Å². The summed E-state index contributed by atoms with van der Waals surface area (Å²) in [6.07, 6.45) is 3.32. The van der Waals surface area contributed by atoms with Gasteiger partial charge in [0.2, 0.25) is 10.0 Å². The molecule has 0 fully saturated rings. The second-order valence-electron chi connectivity index (χ2n) is 6.04. The van der Waals surface area contributed by atoms with Crippen LogP contribution in [0.25, 0.3) is 33.0 Å². The van der Waals surface area contributed by atoms with E-state index in [4.69, 9.17) is 16.7 Å². The van der Waals surface area contributed by atoms with Crippen molar-refractivity contribution in [2.24, 2.45) is 5.14 Å². The van der Waals surface area contributed by atoms with Gasteiger partial charge in [-0.25, -0.2) is 13.6 Å². The van der Waals surface area contributed by atoms with E-state index in [1.54, 1.807) is 24.5 Å². The molecule has 0 atom stereocenters. The summed E-state index contributed by atoms with van der Waals surface area (Å²) in [6, 6.07) is 16.7. The van der Waals surface area contributed by atoms with Gasteiger partial charge in [0.1, 0.15) is 8.55 Å². The minimum Gasteiger partial charge on any atom is -0.264 e. The van der Waals surface area contributed by atoms with Crippen molar-refractivity contribution in [2.75, 3.05) is 0 Å². The van der Waals surface area contributed by atoms with E-state index in [1.807, 2.05) is 30.3 Å². The summed E-state index contributed by atoms with van der Waals surface area (Å²) in [5, 5.41) is 16.4. The van der Waals surface area contributed by atoms with Crippen molar-refractivity contribution in [2.45, 2.75) is 4.21 Å². The highest BCUT2D eigenvalue weighted by molar-refractivity contribution is 7.91. The number of rotatable bonds is 3. The van der Waals surface area contributed by atoms with Crippen molar-refractivity contribution in [3.63, 3.8) is 0 Å². The monoisotopic (exact) mass is 425 g/mol. The normalized spacial score (nSPS) is 11.5. The van der Waals surface area contributed by atoms with Gasteiger partial charge < -0.3 is 0 Å². The third-order valence-electron chi connectivity index (χ3n) is 4.39. The van der Waals surface area contributed by atoms with E-state index in [1.165, 1.54) is 6.07 Å². The Kier molecular flexibility index (Phi) is 4.65. The molecule has 2 N–H and O–H groups in total. The standard InChI is InChI=1S/C20H12ClN3O2S2/c21-20-17(9-19(27-20)28(23,25)26)16-7-8-24-11-18(16)15-6-5-12(10-22)13-3-1-2-4-14(13)15/h1-9,11H,(H2,23,25,26). The number of pyridine rings is 1. The van der Waals surface area contributed by atoms with Crippen molar-refractivity contribution < 1.29 is 8.42 Å². The zero-order valence-electron chi connectivity index (χ0n) is 14.3. The molecule has 0 amide bonds. The van der Waals surface area contributed by atoms with Gasteiger partial charge in [0.05, 0.1) is 11.6 Å². The molecule has 2 heterocycles. The average molecular weight is 426 g/mol. The number of benzene rings is 2. The number of hydrogen-bond acceptors (Lipinski definition) is 5. The first-order chi connectivity index (χ1) is 13.4. The maximum Gasteiger partial charge on any atom is 0.247 e. The molecule has 2 aromatic carbocycles. The van der Waals surface area contributed by atoms with Gasteiger partial charge in [-0.3, -0.25) is 4.98 Å². The Morgan fingerprint density at radius 2 is 1.75 bits per heavy atom. The number of sulfonamides is 1. The van der Waals surface area contributed by atoms with Gasteiger partial charge in [0.25, 0.3) is 0 Å². The van der Waals surface area contributed by atoms with E-state index in [2.05, 4.69) is 11.1 Å². The van der Waals surface area contributed by atoms with E-state index in [-0.39, 0.29) is 4.21 Å². The molecule has 2 aromatic heterocycles. The highest BCUT2D eigenvalue weighted by Crippen LogP contribution is 2.42. The van der Waals surface area contributed by atoms with Crippen LogP contribution in [-0.2, 0) is 10.0 Å². The van der Waals surface area contributed by atoms with Crippen LogP contribution in [0.5, 0.6) is 0 Å². The maximum absolute atomic E-state index is 11.7. The van der Waals surface area contributed by atoms with Gasteiger partial charge in [0.15, 0.2) is 0 Å². The number of thiophene rings is 1. The smallest absolute Gasteiger partial charge is 0.247 e. The number of fused-ring (bicyclic) bond motifs is 1. The molecule has 0 saturated carbocycles. The number of nitrogens with two attached hydrogens (primary N) is 1. The lowest BCUT2D eigenvalue weighted by molar-refractivity contribution is 0.600. The summed E-state index contributed by atoms with van der Waals surface area (Å²) < 4.78 is 23.8. The molecular weight excluding hydrogens is 414 g/mol. The molecule has 0 saturated heterocycles. The molecular formula is C20H12ClN3O2S2. The van der Waals surface area contributed by atoms with Crippen molar-refractivity contribution in [1.82, 2.24) is 4.98 Å².